The maximum absolute atomic E-state index is 12.0. The molecule has 3 rings (SSSR count). The number of esters is 3. The second kappa shape index (κ2) is 5.24. The Morgan fingerprint density at radius 3 is 1.95 bits per heavy atom. The molecule has 7 heteroatoms. The van der Waals surface area contributed by atoms with E-state index >= 15 is 0 Å². The molecule has 7 nitrogen and oxygen atoms in total. The predicted octanol–water partition coefficient (Wildman–Crippen LogP) is 0.145. The van der Waals surface area contributed by atoms with Gasteiger partial charge in [0.1, 0.15) is 0 Å². The second-order valence-electron chi connectivity index (χ2n) is 5.24. The Balaban J connectivity index is 1.90. The van der Waals surface area contributed by atoms with Crippen molar-refractivity contribution in [2.75, 3.05) is 20.8 Å². The molecule has 118 valence electrons. The number of methoxy groups -OCH3 is 2. The molecule has 0 spiro atoms. The van der Waals surface area contributed by atoms with Gasteiger partial charge in [0, 0.05) is 17.9 Å². The highest BCUT2D eigenvalue weighted by Crippen LogP contribution is 2.64. The van der Waals surface area contributed by atoms with Crippen LogP contribution in [0.5, 0.6) is 0 Å². The fourth-order valence-electron chi connectivity index (χ4n) is 3.37. The third kappa shape index (κ3) is 1.96. The van der Waals surface area contributed by atoms with E-state index in [1.807, 2.05) is 0 Å². The van der Waals surface area contributed by atoms with Crippen molar-refractivity contribution in [1.82, 2.24) is 0 Å². The number of fused-ring (bicyclic) bond motifs is 5. The van der Waals surface area contributed by atoms with Gasteiger partial charge in [0.25, 0.3) is 0 Å². The monoisotopic (exact) mass is 308 g/mol. The quantitative estimate of drug-likeness (QED) is 0.415. The molecule has 0 N–H and O–H groups in total. The minimum atomic E-state index is -0.603. The molecule has 1 saturated carbocycles. The van der Waals surface area contributed by atoms with Crippen molar-refractivity contribution < 1.29 is 33.3 Å². The molecular weight excluding hydrogens is 292 g/mol. The van der Waals surface area contributed by atoms with Crippen LogP contribution in [0, 0.1) is 11.8 Å². The molecule has 1 saturated heterocycles. The van der Waals surface area contributed by atoms with Crippen molar-refractivity contribution in [2.24, 2.45) is 11.8 Å². The minimum absolute atomic E-state index is 0.0723. The summed E-state index contributed by atoms with van der Waals surface area (Å²) in [4.78, 5) is 35.5. The van der Waals surface area contributed by atoms with E-state index < -0.39 is 30.1 Å². The number of carbonyl (C=O) groups is 3. The zero-order valence-electron chi connectivity index (χ0n) is 12.5. The normalized spacial score (nSPS) is 30.8. The molecule has 4 atom stereocenters. The SMILES string of the molecule is CCOC(=O)C=C1C2C3OC(C(C(=O)OC)=C3C(=O)OC)C12. The van der Waals surface area contributed by atoms with Crippen LogP contribution in [-0.2, 0) is 33.3 Å². The summed E-state index contributed by atoms with van der Waals surface area (Å²) in [6.07, 6.45) is 0.311. The highest BCUT2D eigenvalue weighted by molar-refractivity contribution is 6.04. The van der Waals surface area contributed by atoms with Crippen LogP contribution in [0.1, 0.15) is 6.92 Å². The molecule has 3 aliphatic rings. The molecule has 0 aromatic carbocycles. The first-order valence-corrected chi connectivity index (χ1v) is 6.99. The van der Waals surface area contributed by atoms with Gasteiger partial charge in [-0.15, -0.1) is 0 Å². The number of rotatable bonds is 4. The average molecular weight is 308 g/mol. The van der Waals surface area contributed by atoms with Crippen LogP contribution in [0.3, 0.4) is 0 Å². The van der Waals surface area contributed by atoms with Crippen molar-refractivity contribution >= 4 is 17.9 Å². The molecular formula is C15H16O7. The Bertz CT molecular complexity index is 575. The molecule has 2 aliphatic heterocycles. The zero-order valence-corrected chi connectivity index (χ0v) is 12.5. The van der Waals surface area contributed by atoms with E-state index in [-0.39, 0.29) is 23.0 Å². The van der Waals surface area contributed by atoms with Gasteiger partial charge in [-0.1, -0.05) is 0 Å². The van der Waals surface area contributed by atoms with E-state index in [9.17, 15) is 14.4 Å². The first kappa shape index (κ1) is 14.8. The van der Waals surface area contributed by atoms with Crippen LogP contribution in [0.4, 0.5) is 0 Å². The molecule has 0 amide bonds. The van der Waals surface area contributed by atoms with E-state index in [4.69, 9.17) is 18.9 Å². The van der Waals surface area contributed by atoms with Crippen molar-refractivity contribution in [3.8, 4) is 0 Å². The Kier molecular flexibility index (Phi) is 3.52. The van der Waals surface area contributed by atoms with E-state index in [2.05, 4.69) is 0 Å². The van der Waals surface area contributed by atoms with Gasteiger partial charge >= 0.3 is 17.9 Å². The molecule has 2 bridgehead atoms. The largest absolute Gasteiger partial charge is 0.466 e. The Hall–Kier alpha value is -2.15. The van der Waals surface area contributed by atoms with Gasteiger partial charge in [0.15, 0.2) is 0 Å². The number of carbonyl (C=O) groups excluding carboxylic acids is 3. The number of ether oxygens (including phenoxy) is 4. The molecule has 0 radical (unpaired) electrons. The summed E-state index contributed by atoms with van der Waals surface area (Å²) >= 11 is 0. The summed E-state index contributed by atoms with van der Waals surface area (Å²) in [7, 11) is 2.49. The van der Waals surface area contributed by atoms with Crippen LogP contribution >= 0.6 is 0 Å². The van der Waals surface area contributed by atoms with Crippen molar-refractivity contribution in [1.29, 1.82) is 0 Å². The van der Waals surface area contributed by atoms with E-state index in [0.717, 1.165) is 5.57 Å². The predicted molar refractivity (Wildman–Crippen MR) is 71.4 cm³/mol. The van der Waals surface area contributed by atoms with Crippen LogP contribution in [-0.4, -0.2) is 50.9 Å². The average Bonchev–Trinajstić information content (AvgIpc) is 2.92. The van der Waals surface area contributed by atoms with Crippen molar-refractivity contribution in [3.63, 3.8) is 0 Å². The van der Waals surface area contributed by atoms with Gasteiger partial charge in [0.2, 0.25) is 0 Å². The molecule has 2 heterocycles. The third-order valence-electron chi connectivity index (χ3n) is 4.23. The Labute approximate surface area is 126 Å². The van der Waals surface area contributed by atoms with Crippen LogP contribution in [0.15, 0.2) is 22.8 Å². The zero-order chi connectivity index (χ0) is 16.0. The van der Waals surface area contributed by atoms with Gasteiger partial charge in [-0.2, -0.15) is 0 Å². The molecule has 0 aromatic heterocycles. The molecule has 4 unspecified atom stereocenters. The van der Waals surface area contributed by atoms with E-state index in [1.54, 1.807) is 6.92 Å². The minimum Gasteiger partial charge on any atom is -0.466 e. The standard InChI is InChI=1S/C15H16O7/c1-4-21-7(16)5-6-8-9(6)13-11(15(18)20-3)10(12(8)22-13)14(17)19-2/h5,8-9,12-13H,4H2,1-3H3. The number of hydrogen-bond donors (Lipinski definition) is 0. The maximum atomic E-state index is 12.0. The van der Waals surface area contributed by atoms with Gasteiger partial charge in [-0.25, -0.2) is 14.4 Å². The van der Waals surface area contributed by atoms with Crippen molar-refractivity contribution in [3.05, 3.63) is 22.8 Å². The summed E-state index contributed by atoms with van der Waals surface area (Å²) in [5, 5.41) is 0. The Morgan fingerprint density at radius 2 is 1.55 bits per heavy atom. The summed E-state index contributed by atoms with van der Waals surface area (Å²) in [5.74, 6) is -1.78. The van der Waals surface area contributed by atoms with E-state index in [1.165, 1.54) is 20.3 Å². The summed E-state index contributed by atoms with van der Waals surface area (Å²) < 4.78 is 20.1. The molecule has 1 aliphatic carbocycles. The first-order chi connectivity index (χ1) is 10.5. The highest BCUT2D eigenvalue weighted by Gasteiger charge is 2.69. The van der Waals surface area contributed by atoms with Crippen LogP contribution in [0.25, 0.3) is 0 Å². The third-order valence-corrected chi connectivity index (χ3v) is 4.23. The lowest BCUT2D eigenvalue weighted by Crippen LogP contribution is -2.24. The van der Waals surface area contributed by atoms with Crippen molar-refractivity contribution in [2.45, 2.75) is 19.1 Å². The maximum Gasteiger partial charge on any atom is 0.337 e. The lowest BCUT2D eigenvalue weighted by atomic mass is 9.92. The molecule has 22 heavy (non-hydrogen) atoms. The lowest BCUT2D eigenvalue weighted by Gasteiger charge is -2.12. The lowest BCUT2D eigenvalue weighted by molar-refractivity contribution is -0.139. The van der Waals surface area contributed by atoms with Gasteiger partial charge in [0.05, 0.1) is 44.2 Å². The van der Waals surface area contributed by atoms with E-state index in [0.29, 0.717) is 6.61 Å². The van der Waals surface area contributed by atoms with Crippen LogP contribution in [0.2, 0.25) is 0 Å². The second-order valence-corrected chi connectivity index (χ2v) is 5.24. The van der Waals surface area contributed by atoms with Crippen LogP contribution < -0.4 is 0 Å². The van der Waals surface area contributed by atoms with Gasteiger partial charge in [-0.05, 0) is 12.5 Å². The van der Waals surface area contributed by atoms with Gasteiger partial charge < -0.3 is 18.9 Å². The summed E-state index contributed by atoms with van der Waals surface area (Å²) in [5.41, 5.74) is 1.25. The topological polar surface area (TPSA) is 88.1 Å². The first-order valence-electron chi connectivity index (χ1n) is 6.99. The van der Waals surface area contributed by atoms with Gasteiger partial charge in [-0.3, -0.25) is 0 Å². The Morgan fingerprint density at radius 1 is 1.05 bits per heavy atom. The molecule has 0 aromatic rings. The summed E-state index contributed by atoms with van der Waals surface area (Å²) in [6.45, 7) is 2.02. The smallest absolute Gasteiger partial charge is 0.337 e. The fraction of sp³-hybridized carbons (Fsp3) is 0.533. The fourth-order valence-corrected chi connectivity index (χ4v) is 3.37. The molecule has 2 fully saturated rings. The summed E-state index contributed by atoms with van der Waals surface area (Å²) in [6, 6.07) is 0. The number of hydrogen-bond acceptors (Lipinski definition) is 7. The highest BCUT2D eigenvalue weighted by atomic mass is 16.6.